The lowest BCUT2D eigenvalue weighted by Crippen LogP contribution is -2.51. The zero-order chi connectivity index (χ0) is 22.5. The molecule has 1 N–H and O–H groups in total. The van der Waals surface area contributed by atoms with Crippen LogP contribution in [-0.4, -0.2) is 64.7 Å². The molecule has 168 valence electrons. The second-order valence-corrected chi connectivity index (χ2v) is 8.92. The number of hydrogen-bond donors (Lipinski definition) is 1. The van der Waals surface area contributed by atoms with Gasteiger partial charge in [0.25, 0.3) is 0 Å². The molecule has 4 rings (SSSR count). The third-order valence-electron chi connectivity index (χ3n) is 5.51. The van der Waals surface area contributed by atoms with Crippen LogP contribution in [0.4, 0.5) is 5.69 Å². The van der Waals surface area contributed by atoms with Crippen LogP contribution in [0.25, 0.3) is 11.0 Å². The Kier molecular flexibility index (Phi) is 7.22. The molecule has 2 amide bonds. The van der Waals surface area contributed by atoms with Gasteiger partial charge in [-0.1, -0.05) is 41.6 Å². The van der Waals surface area contributed by atoms with Crippen LogP contribution in [0.1, 0.15) is 6.92 Å². The van der Waals surface area contributed by atoms with Crippen molar-refractivity contribution >= 4 is 51.9 Å². The van der Waals surface area contributed by atoms with E-state index in [-0.39, 0.29) is 24.1 Å². The van der Waals surface area contributed by atoms with Crippen LogP contribution < -0.4 is 10.2 Å². The van der Waals surface area contributed by atoms with E-state index in [4.69, 9.17) is 11.6 Å². The number of halogens is 1. The topological polar surface area (TPSA) is 70.5 Å². The zero-order valence-electron chi connectivity index (χ0n) is 18.0. The molecule has 1 aromatic heterocycles. The average molecular weight is 472 g/mol. The predicted octanol–water partition coefficient (Wildman–Crippen LogP) is 3.27. The van der Waals surface area contributed by atoms with Gasteiger partial charge in [-0.2, -0.15) is 0 Å². The lowest BCUT2D eigenvalue weighted by Gasteiger charge is -2.36. The van der Waals surface area contributed by atoms with E-state index in [2.05, 4.69) is 26.7 Å². The second-order valence-electron chi connectivity index (χ2n) is 7.54. The highest BCUT2D eigenvalue weighted by atomic mass is 35.5. The molecule has 9 heteroatoms. The summed E-state index contributed by atoms with van der Waals surface area (Å²) in [6, 6.07) is 15.7. The number of hydrogen-bond acceptors (Lipinski definition) is 5. The Hall–Kier alpha value is -2.71. The summed E-state index contributed by atoms with van der Waals surface area (Å²) in [5.74, 6) is -0.00963. The number of amides is 2. The number of benzene rings is 2. The first kappa shape index (κ1) is 22.5. The molecule has 0 spiro atoms. The molecule has 2 heterocycles. The third kappa shape index (κ3) is 5.19. The number of para-hydroxylation sites is 2. The highest BCUT2D eigenvalue weighted by molar-refractivity contribution is 7.99. The van der Waals surface area contributed by atoms with Crippen molar-refractivity contribution in [3.63, 3.8) is 0 Å². The Labute approximate surface area is 196 Å². The maximum Gasteiger partial charge on any atom is 0.242 e. The molecule has 0 saturated carbocycles. The van der Waals surface area contributed by atoms with Crippen molar-refractivity contribution in [2.24, 2.45) is 0 Å². The maximum atomic E-state index is 12.5. The molecular formula is C23H26ClN5O2S. The molecule has 0 radical (unpaired) electrons. The van der Waals surface area contributed by atoms with E-state index in [9.17, 15) is 9.59 Å². The summed E-state index contributed by atoms with van der Waals surface area (Å²) in [6.45, 7) is 5.58. The Balaban J connectivity index is 1.23. The minimum absolute atomic E-state index is 0.0146. The summed E-state index contributed by atoms with van der Waals surface area (Å²) in [7, 11) is 0. The zero-order valence-corrected chi connectivity index (χ0v) is 19.5. The number of aryl methyl sites for hydroxylation is 1. The molecule has 2 aromatic carbocycles. The molecule has 1 aliphatic heterocycles. The van der Waals surface area contributed by atoms with Crippen molar-refractivity contribution in [3.8, 4) is 0 Å². The van der Waals surface area contributed by atoms with Gasteiger partial charge in [-0.3, -0.25) is 9.59 Å². The molecule has 3 aromatic rings. The van der Waals surface area contributed by atoms with E-state index in [0.717, 1.165) is 41.5 Å². The van der Waals surface area contributed by atoms with Crippen LogP contribution in [-0.2, 0) is 16.1 Å². The van der Waals surface area contributed by atoms with Crippen LogP contribution in [0.3, 0.4) is 0 Å². The predicted molar refractivity (Wildman–Crippen MR) is 129 cm³/mol. The van der Waals surface area contributed by atoms with Gasteiger partial charge in [0.15, 0.2) is 5.16 Å². The number of imidazole rings is 1. The lowest BCUT2D eigenvalue weighted by molar-refractivity contribution is -0.132. The van der Waals surface area contributed by atoms with Crippen LogP contribution in [0.5, 0.6) is 0 Å². The minimum atomic E-state index is -0.171. The quantitative estimate of drug-likeness (QED) is 0.535. The van der Waals surface area contributed by atoms with Gasteiger partial charge in [0.1, 0.15) is 0 Å². The van der Waals surface area contributed by atoms with Gasteiger partial charge in [0.05, 0.1) is 23.3 Å². The normalized spacial score (nSPS) is 14.1. The van der Waals surface area contributed by atoms with Crippen molar-refractivity contribution in [1.82, 2.24) is 19.8 Å². The first-order chi connectivity index (χ1) is 15.5. The molecular weight excluding hydrogens is 446 g/mol. The van der Waals surface area contributed by atoms with Crippen molar-refractivity contribution in [2.45, 2.75) is 18.6 Å². The number of thioether (sulfide) groups is 1. The van der Waals surface area contributed by atoms with Crippen molar-refractivity contribution in [1.29, 1.82) is 0 Å². The van der Waals surface area contributed by atoms with Crippen LogP contribution in [0.15, 0.2) is 53.7 Å². The Bertz CT molecular complexity index is 1110. The fourth-order valence-corrected chi connectivity index (χ4v) is 4.92. The summed E-state index contributed by atoms with van der Waals surface area (Å²) in [6.07, 6.45) is 0. The monoisotopic (exact) mass is 471 g/mol. The fourth-order valence-electron chi connectivity index (χ4n) is 3.82. The molecule has 7 nitrogen and oxygen atoms in total. The second kappa shape index (κ2) is 10.3. The smallest absolute Gasteiger partial charge is 0.242 e. The Morgan fingerprint density at radius 3 is 2.62 bits per heavy atom. The number of rotatable bonds is 7. The number of nitrogens with one attached hydrogen (secondary N) is 1. The summed E-state index contributed by atoms with van der Waals surface area (Å²) < 4.78 is 2.10. The van der Waals surface area contributed by atoms with Gasteiger partial charge in [0, 0.05) is 43.4 Å². The first-order valence-corrected chi connectivity index (χ1v) is 12.0. The first-order valence-electron chi connectivity index (χ1n) is 10.7. The minimum Gasteiger partial charge on any atom is -0.368 e. The lowest BCUT2D eigenvalue weighted by atomic mass is 10.2. The van der Waals surface area contributed by atoms with E-state index >= 15 is 0 Å². The Morgan fingerprint density at radius 1 is 1.09 bits per heavy atom. The van der Waals surface area contributed by atoms with Gasteiger partial charge in [-0.25, -0.2) is 4.98 Å². The number of piperazine rings is 1. The number of carbonyl (C=O) groups excluding carboxylic acids is 2. The van der Waals surface area contributed by atoms with Crippen LogP contribution >= 0.6 is 23.4 Å². The molecule has 32 heavy (non-hydrogen) atoms. The number of anilines is 1. The highest BCUT2D eigenvalue weighted by Crippen LogP contribution is 2.24. The van der Waals surface area contributed by atoms with Gasteiger partial charge in [0.2, 0.25) is 11.8 Å². The highest BCUT2D eigenvalue weighted by Gasteiger charge is 2.22. The van der Waals surface area contributed by atoms with E-state index in [1.54, 1.807) is 4.90 Å². The molecule has 1 saturated heterocycles. The largest absolute Gasteiger partial charge is 0.368 e. The van der Waals surface area contributed by atoms with Crippen LogP contribution in [0, 0.1) is 0 Å². The number of fused-ring (bicyclic) bond motifs is 1. The maximum absolute atomic E-state index is 12.5. The number of aromatic nitrogens is 2. The number of carbonyl (C=O) groups is 2. The van der Waals surface area contributed by atoms with Crippen molar-refractivity contribution < 1.29 is 9.59 Å². The summed E-state index contributed by atoms with van der Waals surface area (Å²) in [5.41, 5.74) is 3.04. The summed E-state index contributed by atoms with van der Waals surface area (Å²) >= 11 is 7.47. The van der Waals surface area contributed by atoms with E-state index in [1.165, 1.54) is 11.8 Å². The van der Waals surface area contributed by atoms with E-state index in [0.29, 0.717) is 18.1 Å². The SMILES string of the molecule is CCn1c(SCC(=O)NCC(=O)N2CCN(c3cccc(Cl)c3)CC2)nc2ccccc21. The van der Waals surface area contributed by atoms with Crippen LogP contribution in [0.2, 0.25) is 5.02 Å². The molecule has 1 aliphatic rings. The Morgan fingerprint density at radius 2 is 1.88 bits per heavy atom. The molecule has 1 fully saturated rings. The van der Waals surface area contributed by atoms with Crippen molar-refractivity contribution in [3.05, 3.63) is 53.6 Å². The molecule has 0 unspecified atom stereocenters. The molecule has 0 aliphatic carbocycles. The average Bonchev–Trinajstić information content (AvgIpc) is 3.18. The number of nitrogens with zero attached hydrogens (tertiary/aromatic N) is 4. The summed E-state index contributed by atoms with van der Waals surface area (Å²) in [5, 5.41) is 4.27. The molecule has 0 atom stereocenters. The van der Waals surface area contributed by atoms with E-state index in [1.807, 2.05) is 48.5 Å². The van der Waals surface area contributed by atoms with Gasteiger partial charge >= 0.3 is 0 Å². The van der Waals surface area contributed by atoms with Gasteiger partial charge in [-0.15, -0.1) is 0 Å². The van der Waals surface area contributed by atoms with Crippen molar-refractivity contribution in [2.75, 3.05) is 43.4 Å². The molecule has 0 bridgehead atoms. The standard InChI is InChI=1S/C23H26ClN5O2S/c1-2-29-20-9-4-3-8-19(20)26-23(29)32-16-21(30)25-15-22(31)28-12-10-27(11-13-28)18-7-5-6-17(24)14-18/h3-9,14H,2,10-13,15-16H2,1H3,(H,25,30). The third-order valence-corrected chi connectivity index (χ3v) is 6.72. The fraction of sp³-hybridized carbons (Fsp3) is 0.348. The van der Waals surface area contributed by atoms with Gasteiger partial charge < -0.3 is 19.7 Å². The van der Waals surface area contributed by atoms with Gasteiger partial charge in [-0.05, 0) is 37.3 Å². The summed E-state index contributed by atoms with van der Waals surface area (Å²) in [4.78, 5) is 33.5. The van der Waals surface area contributed by atoms with E-state index < -0.39 is 0 Å².